The Morgan fingerprint density at radius 1 is 1.29 bits per heavy atom. The number of nitrogens with two attached hydrogens (primary N) is 1. The predicted molar refractivity (Wildman–Crippen MR) is 84.7 cm³/mol. The first-order valence-electron chi connectivity index (χ1n) is 7.73. The highest BCUT2D eigenvalue weighted by Crippen LogP contribution is 2.22. The quantitative estimate of drug-likeness (QED) is 0.651. The average molecular weight is 293 g/mol. The molecule has 1 aromatic rings. The van der Waals surface area contributed by atoms with Crippen LogP contribution in [-0.4, -0.2) is 29.6 Å². The van der Waals surface area contributed by atoms with Crippen molar-refractivity contribution in [2.24, 2.45) is 5.73 Å². The zero-order valence-corrected chi connectivity index (χ0v) is 13.1. The summed E-state index contributed by atoms with van der Waals surface area (Å²) in [7, 11) is 0. The number of carbonyl (C=O) groups excluding carboxylic acids is 1. The number of ketones is 1. The third-order valence-electron chi connectivity index (χ3n) is 3.47. The second kappa shape index (κ2) is 8.80. The fraction of sp³-hybridized carbons (Fsp3) is 0.588. The number of ether oxygens (including phenoxy) is 1. The number of Topliss-reactive ketones (excluding diaryl/α,β-unsaturated/α-hetero) is 1. The summed E-state index contributed by atoms with van der Waals surface area (Å²) in [5, 5.41) is 10.5. The van der Waals surface area contributed by atoms with Crippen LogP contribution in [0.15, 0.2) is 24.3 Å². The maximum Gasteiger partial charge on any atom is 0.164 e. The molecule has 1 rings (SSSR count). The molecule has 0 aliphatic carbocycles. The molecule has 3 N–H and O–H groups in total. The molecule has 0 aliphatic heterocycles. The van der Waals surface area contributed by atoms with Gasteiger partial charge in [-0.15, -0.1) is 0 Å². The molecule has 0 amide bonds. The fourth-order valence-electron chi connectivity index (χ4n) is 2.45. The standard InChI is InChI=1S/C17H27NO3/c1-3-9-17(20,10-4-2)13-21-15-7-5-6-14(12-15)16(19)8-11-18/h5-7,12,20H,3-4,8-11,13,18H2,1-2H3. The molecule has 118 valence electrons. The third-order valence-corrected chi connectivity index (χ3v) is 3.47. The van der Waals surface area contributed by atoms with Crippen molar-refractivity contribution < 1.29 is 14.6 Å². The predicted octanol–water partition coefficient (Wildman–Crippen LogP) is 2.93. The van der Waals surface area contributed by atoms with Crippen LogP contribution in [0, 0.1) is 0 Å². The number of rotatable bonds is 10. The maximum absolute atomic E-state index is 11.8. The second-order valence-electron chi connectivity index (χ2n) is 5.50. The molecule has 0 aliphatic rings. The largest absolute Gasteiger partial charge is 0.491 e. The Balaban J connectivity index is 2.70. The molecule has 0 spiro atoms. The molecule has 0 atom stereocenters. The number of hydrogen-bond acceptors (Lipinski definition) is 4. The lowest BCUT2D eigenvalue weighted by atomic mass is 9.94. The first-order chi connectivity index (χ1) is 10.0. The summed E-state index contributed by atoms with van der Waals surface area (Å²) in [6.45, 7) is 4.69. The lowest BCUT2D eigenvalue weighted by Crippen LogP contribution is -2.35. The van der Waals surface area contributed by atoms with Crippen LogP contribution < -0.4 is 10.5 Å². The van der Waals surface area contributed by atoms with Crippen molar-refractivity contribution in [1.82, 2.24) is 0 Å². The van der Waals surface area contributed by atoms with Gasteiger partial charge in [-0.1, -0.05) is 38.8 Å². The minimum Gasteiger partial charge on any atom is -0.491 e. The molecular formula is C17H27NO3. The van der Waals surface area contributed by atoms with E-state index in [2.05, 4.69) is 0 Å². The topological polar surface area (TPSA) is 72.5 Å². The fourth-order valence-corrected chi connectivity index (χ4v) is 2.45. The molecule has 0 bridgehead atoms. The molecule has 0 unspecified atom stereocenters. The minimum atomic E-state index is -0.791. The van der Waals surface area contributed by atoms with E-state index in [4.69, 9.17) is 10.5 Å². The van der Waals surface area contributed by atoms with Crippen molar-refractivity contribution in [2.75, 3.05) is 13.2 Å². The van der Waals surface area contributed by atoms with Crippen molar-refractivity contribution in [3.63, 3.8) is 0 Å². The monoisotopic (exact) mass is 293 g/mol. The van der Waals surface area contributed by atoms with Crippen LogP contribution >= 0.6 is 0 Å². The molecule has 4 nitrogen and oxygen atoms in total. The van der Waals surface area contributed by atoms with Gasteiger partial charge in [0.05, 0.1) is 5.60 Å². The van der Waals surface area contributed by atoms with Gasteiger partial charge in [0, 0.05) is 12.0 Å². The number of aliphatic hydroxyl groups is 1. The number of benzene rings is 1. The van der Waals surface area contributed by atoms with Crippen molar-refractivity contribution in [1.29, 1.82) is 0 Å². The Bertz CT molecular complexity index is 439. The smallest absolute Gasteiger partial charge is 0.164 e. The summed E-state index contributed by atoms with van der Waals surface area (Å²) in [5.41, 5.74) is 5.22. The van der Waals surface area contributed by atoms with Crippen LogP contribution in [0.5, 0.6) is 5.75 Å². The number of carbonyl (C=O) groups is 1. The van der Waals surface area contributed by atoms with E-state index in [1.165, 1.54) is 0 Å². The highest BCUT2D eigenvalue weighted by Gasteiger charge is 2.25. The highest BCUT2D eigenvalue weighted by atomic mass is 16.5. The Hall–Kier alpha value is -1.39. The van der Waals surface area contributed by atoms with Crippen LogP contribution in [0.3, 0.4) is 0 Å². The normalized spacial score (nSPS) is 11.4. The summed E-state index contributed by atoms with van der Waals surface area (Å²) in [6, 6.07) is 7.07. The second-order valence-corrected chi connectivity index (χ2v) is 5.50. The Kier molecular flexibility index (Phi) is 7.40. The van der Waals surface area contributed by atoms with Gasteiger partial charge >= 0.3 is 0 Å². The van der Waals surface area contributed by atoms with Gasteiger partial charge in [-0.2, -0.15) is 0 Å². The molecule has 4 heteroatoms. The molecule has 0 saturated carbocycles. The van der Waals surface area contributed by atoms with Gasteiger partial charge in [0.1, 0.15) is 12.4 Å². The molecule has 0 radical (unpaired) electrons. The van der Waals surface area contributed by atoms with E-state index in [9.17, 15) is 9.90 Å². The van der Waals surface area contributed by atoms with Crippen LogP contribution in [0.1, 0.15) is 56.3 Å². The van der Waals surface area contributed by atoms with Gasteiger partial charge in [-0.05, 0) is 31.5 Å². The lowest BCUT2D eigenvalue weighted by molar-refractivity contribution is -0.0202. The zero-order valence-electron chi connectivity index (χ0n) is 13.1. The van der Waals surface area contributed by atoms with Gasteiger partial charge in [-0.25, -0.2) is 0 Å². The van der Waals surface area contributed by atoms with E-state index in [-0.39, 0.29) is 12.4 Å². The van der Waals surface area contributed by atoms with Gasteiger partial charge in [0.2, 0.25) is 0 Å². The Morgan fingerprint density at radius 3 is 2.52 bits per heavy atom. The van der Waals surface area contributed by atoms with Crippen molar-refractivity contribution in [3.8, 4) is 5.75 Å². The summed E-state index contributed by atoms with van der Waals surface area (Å²) in [6.07, 6.45) is 3.59. The first kappa shape index (κ1) is 17.7. The van der Waals surface area contributed by atoms with E-state index in [1.54, 1.807) is 24.3 Å². The molecule has 21 heavy (non-hydrogen) atoms. The van der Waals surface area contributed by atoms with E-state index >= 15 is 0 Å². The van der Waals surface area contributed by atoms with Crippen molar-refractivity contribution >= 4 is 5.78 Å². The summed E-state index contributed by atoms with van der Waals surface area (Å²) >= 11 is 0. The minimum absolute atomic E-state index is 0.0142. The Labute approximate surface area is 127 Å². The van der Waals surface area contributed by atoms with E-state index in [0.29, 0.717) is 37.1 Å². The van der Waals surface area contributed by atoms with Crippen LogP contribution in [0.4, 0.5) is 0 Å². The Morgan fingerprint density at radius 2 is 1.95 bits per heavy atom. The van der Waals surface area contributed by atoms with Gasteiger partial charge < -0.3 is 15.6 Å². The molecule has 0 aromatic heterocycles. The van der Waals surface area contributed by atoms with Crippen LogP contribution in [0.25, 0.3) is 0 Å². The molecule has 1 aromatic carbocycles. The summed E-state index contributed by atoms with van der Waals surface area (Å²) < 4.78 is 5.71. The molecule has 0 heterocycles. The zero-order chi connectivity index (χ0) is 15.7. The first-order valence-corrected chi connectivity index (χ1v) is 7.73. The van der Waals surface area contributed by atoms with E-state index < -0.39 is 5.60 Å². The van der Waals surface area contributed by atoms with Gasteiger partial charge in [0.15, 0.2) is 5.78 Å². The molecular weight excluding hydrogens is 266 g/mol. The molecule has 0 saturated heterocycles. The SMILES string of the molecule is CCCC(O)(CCC)COc1cccc(C(=O)CCN)c1. The third kappa shape index (κ3) is 5.86. The maximum atomic E-state index is 11.8. The van der Waals surface area contributed by atoms with E-state index in [1.807, 2.05) is 13.8 Å². The van der Waals surface area contributed by atoms with Crippen molar-refractivity contribution in [2.45, 2.75) is 51.6 Å². The van der Waals surface area contributed by atoms with Crippen LogP contribution in [-0.2, 0) is 0 Å². The van der Waals surface area contributed by atoms with Crippen LogP contribution in [0.2, 0.25) is 0 Å². The number of hydrogen-bond donors (Lipinski definition) is 2. The van der Waals surface area contributed by atoms with E-state index in [0.717, 1.165) is 12.8 Å². The van der Waals surface area contributed by atoms with Crippen molar-refractivity contribution in [3.05, 3.63) is 29.8 Å². The summed E-state index contributed by atoms with van der Waals surface area (Å²) in [4.78, 5) is 11.8. The average Bonchev–Trinajstić information content (AvgIpc) is 2.46. The summed E-state index contributed by atoms with van der Waals surface area (Å²) in [5.74, 6) is 0.629. The highest BCUT2D eigenvalue weighted by molar-refractivity contribution is 5.96. The lowest BCUT2D eigenvalue weighted by Gasteiger charge is -2.27. The molecule has 0 fully saturated rings. The van der Waals surface area contributed by atoms with Gasteiger partial charge in [-0.3, -0.25) is 4.79 Å². The van der Waals surface area contributed by atoms with Gasteiger partial charge in [0.25, 0.3) is 0 Å².